The van der Waals surface area contributed by atoms with E-state index in [-0.39, 0.29) is 4.90 Å². The van der Waals surface area contributed by atoms with Crippen LogP contribution in [0.3, 0.4) is 0 Å². The molecule has 0 unspecified atom stereocenters. The molecule has 0 saturated carbocycles. The largest absolute Gasteiger partial charge is 0.439 e. The molecule has 0 aliphatic heterocycles. The van der Waals surface area contributed by atoms with Crippen LogP contribution in [-0.2, 0) is 16.4 Å². The quantitative estimate of drug-likeness (QED) is 0.914. The molecule has 112 valence electrons. The summed E-state index contributed by atoms with van der Waals surface area (Å²) in [4.78, 5) is 4.48. The van der Waals surface area contributed by atoms with Crippen molar-refractivity contribution in [1.82, 2.24) is 10.3 Å². The van der Waals surface area contributed by atoms with Crippen LogP contribution in [0.15, 0.2) is 41.3 Å². The van der Waals surface area contributed by atoms with E-state index in [0.717, 1.165) is 6.26 Å². The topological polar surface area (TPSA) is 68.3 Å². The number of halogens is 1. The number of nitrogens with one attached hydrogen (secondary N) is 1. The van der Waals surface area contributed by atoms with Crippen molar-refractivity contribution >= 4 is 21.4 Å². The third-order valence-corrected chi connectivity index (χ3v) is 4.15. The number of sulfone groups is 1. The van der Waals surface area contributed by atoms with E-state index in [0.29, 0.717) is 28.9 Å². The van der Waals surface area contributed by atoms with Gasteiger partial charge in [-0.05, 0) is 31.3 Å². The summed E-state index contributed by atoms with van der Waals surface area (Å²) in [6.45, 7) is 0.513. The average Bonchev–Trinajstić information content (AvgIpc) is 2.42. The molecule has 1 aromatic carbocycles. The Kier molecular flexibility index (Phi) is 4.82. The average molecular weight is 327 g/mol. The molecule has 0 saturated heterocycles. The number of rotatable bonds is 5. The van der Waals surface area contributed by atoms with E-state index in [4.69, 9.17) is 16.3 Å². The van der Waals surface area contributed by atoms with E-state index in [2.05, 4.69) is 10.3 Å². The molecule has 1 aromatic heterocycles. The van der Waals surface area contributed by atoms with Crippen LogP contribution < -0.4 is 10.1 Å². The Bertz CT molecular complexity index is 748. The SMILES string of the molecule is CNCc1nc(Oc2cccc(S(C)(=O)=O)c2)ccc1Cl. The van der Waals surface area contributed by atoms with Gasteiger partial charge in [0.05, 0.1) is 15.6 Å². The lowest BCUT2D eigenvalue weighted by Gasteiger charge is -2.09. The zero-order valence-electron chi connectivity index (χ0n) is 11.6. The van der Waals surface area contributed by atoms with Crippen LogP contribution in [0.5, 0.6) is 11.6 Å². The van der Waals surface area contributed by atoms with Crippen molar-refractivity contribution in [3.05, 3.63) is 47.1 Å². The van der Waals surface area contributed by atoms with E-state index >= 15 is 0 Å². The third-order valence-electron chi connectivity index (χ3n) is 2.69. The van der Waals surface area contributed by atoms with Gasteiger partial charge in [0.25, 0.3) is 0 Å². The Labute approximate surface area is 128 Å². The lowest BCUT2D eigenvalue weighted by molar-refractivity contribution is 0.458. The van der Waals surface area contributed by atoms with Crippen LogP contribution >= 0.6 is 11.6 Å². The third kappa shape index (κ3) is 4.17. The lowest BCUT2D eigenvalue weighted by Crippen LogP contribution is -2.08. The summed E-state index contributed by atoms with van der Waals surface area (Å²) in [7, 11) is -1.48. The van der Waals surface area contributed by atoms with Crippen molar-refractivity contribution in [2.24, 2.45) is 0 Å². The number of ether oxygens (including phenoxy) is 1. The minimum atomic E-state index is -3.27. The maximum absolute atomic E-state index is 11.5. The molecule has 1 heterocycles. The summed E-state index contributed by atoms with van der Waals surface area (Å²) in [5.74, 6) is 0.762. The van der Waals surface area contributed by atoms with Crippen molar-refractivity contribution in [1.29, 1.82) is 0 Å². The zero-order chi connectivity index (χ0) is 15.5. The molecular formula is C14H15ClN2O3S. The lowest BCUT2D eigenvalue weighted by atomic mass is 10.3. The van der Waals surface area contributed by atoms with Gasteiger partial charge in [-0.1, -0.05) is 17.7 Å². The van der Waals surface area contributed by atoms with E-state index in [1.807, 2.05) is 0 Å². The molecule has 21 heavy (non-hydrogen) atoms. The molecule has 0 aliphatic rings. The zero-order valence-corrected chi connectivity index (χ0v) is 13.2. The normalized spacial score (nSPS) is 11.4. The molecule has 2 aromatic rings. The van der Waals surface area contributed by atoms with E-state index in [1.165, 1.54) is 12.1 Å². The van der Waals surface area contributed by atoms with Crippen molar-refractivity contribution in [3.8, 4) is 11.6 Å². The number of pyridine rings is 1. The first-order chi connectivity index (χ1) is 9.90. The van der Waals surface area contributed by atoms with E-state index in [9.17, 15) is 8.42 Å². The second kappa shape index (κ2) is 6.43. The van der Waals surface area contributed by atoms with Gasteiger partial charge in [0.2, 0.25) is 5.88 Å². The Morgan fingerprint density at radius 1 is 1.29 bits per heavy atom. The predicted molar refractivity (Wildman–Crippen MR) is 81.6 cm³/mol. The van der Waals surface area contributed by atoms with Crippen molar-refractivity contribution in [2.45, 2.75) is 11.4 Å². The minimum Gasteiger partial charge on any atom is -0.439 e. The first-order valence-electron chi connectivity index (χ1n) is 6.18. The Hall–Kier alpha value is -1.63. The van der Waals surface area contributed by atoms with Crippen LogP contribution in [0.1, 0.15) is 5.69 Å². The van der Waals surface area contributed by atoms with Crippen molar-refractivity contribution in [2.75, 3.05) is 13.3 Å². The molecule has 0 bridgehead atoms. The van der Waals surface area contributed by atoms with Gasteiger partial charge >= 0.3 is 0 Å². The number of nitrogens with zero attached hydrogens (tertiary/aromatic N) is 1. The molecule has 0 radical (unpaired) electrons. The van der Waals surface area contributed by atoms with Crippen LogP contribution in [-0.4, -0.2) is 26.7 Å². The summed E-state index contributed by atoms with van der Waals surface area (Å²) >= 11 is 6.03. The van der Waals surface area contributed by atoms with Crippen LogP contribution in [0, 0.1) is 0 Å². The molecule has 0 spiro atoms. The standard InChI is InChI=1S/C14H15ClN2O3S/c1-16-9-13-12(15)6-7-14(17-13)20-10-4-3-5-11(8-10)21(2,18)19/h3-8,16H,9H2,1-2H3. The fourth-order valence-corrected chi connectivity index (χ4v) is 2.53. The fraction of sp³-hybridized carbons (Fsp3) is 0.214. The van der Waals surface area contributed by atoms with Gasteiger partial charge in [0, 0.05) is 18.9 Å². The van der Waals surface area contributed by atoms with E-state index < -0.39 is 9.84 Å². The van der Waals surface area contributed by atoms with Gasteiger partial charge < -0.3 is 10.1 Å². The molecule has 2 rings (SSSR count). The van der Waals surface area contributed by atoms with Crippen LogP contribution in [0.2, 0.25) is 5.02 Å². The van der Waals surface area contributed by atoms with Crippen LogP contribution in [0.25, 0.3) is 0 Å². The van der Waals surface area contributed by atoms with Gasteiger partial charge in [-0.3, -0.25) is 0 Å². The highest BCUT2D eigenvalue weighted by Gasteiger charge is 2.09. The first kappa shape index (κ1) is 15.8. The molecule has 0 amide bonds. The monoisotopic (exact) mass is 326 g/mol. The molecule has 5 nitrogen and oxygen atoms in total. The number of hydrogen-bond acceptors (Lipinski definition) is 5. The molecule has 0 fully saturated rings. The summed E-state index contributed by atoms with van der Waals surface area (Å²) in [5.41, 5.74) is 0.663. The van der Waals surface area contributed by atoms with Gasteiger partial charge in [-0.2, -0.15) is 0 Å². The summed E-state index contributed by atoms with van der Waals surface area (Å²) in [6, 6.07) is 9.59. The molecule has 1 N–H and O–H groups in total. The Morgan fingerprint density at radius 2 is 2.05 bits per heavy atom. The summed E-state index contributed by atoms with van der Waals surface area (Å²) in [6.07, 6.45) is 1.15. The minimum absolute atomic E-state index is 0.199. The second-order valence-corrected chi connectivity index (χ2v) is 6.88. The maximum Gasteiger partial charge on any atom is 0.219 e. The molecular weight excluding hydrogens is 312 g/mol. The molecule has 7 heteroatoms. The highest BCUT2D eigenvalue weighted by Crippen LogP contribution is 2.25. The van der Waals surface area contributed by atoms with Gasteiger partial charge in [-0.15, -0.1) is 0 Å². The predicted octanol–water partition coefficient (Wildman–Crippen LogP) is 2.65. The second-order valence-electron chi connectivity index (χ2n) is 4.46. The molecule has 0 aliphatic carbocycles. The number of aromatic nitrogens is 1. The Morgan fingerprint density at radius 3 is 2.71 bits per heavy atom. The van der Waals surface area contributed by atoms with Gasteiger partial charge in [-0.25, -0.2) is 13.4 Å². The van der Waals surface area contributed by atoms with Crippen molar-refractivity contribution < 1.29 is 13.2 Å². The number of hydrogen-bond donors (Lipinski definition) is 1. The highest BCUT2D eigenvalue weighted by atomic mass is 35.5. The summed E-state index contributed by atoms with van der Waals surface area (Å²) < 4.78 is 28.6. The Balaban J connectivity index is 2.28. The maximum atomic E-state index is 11.5. The van der Waals surface area contributed by atoms with Crippen LogP contribution in [0.4, 0.5) is 0 Å². The van der Waals surface area contributed by atoms with E-state index in [1.54, 1.807) is 31.3 Å². The van der Waals surface area contributed by atoms with Gasteiger partial charge in [0.1, 0.15) is 5.75 Å². The highest BCUT2D eigenvalue weighted by molar-refractivity contribution is 7.90. The molecule has 0 atom stereocenters. The van der Waals surface area contributed by atoms with Crippen molar-refractivity contribution in [3.63, 3.8) is 0 Å². The smallest absolute Gasteiger partial charge is 0.219 e. The fourth-order valence-electron chi connectivity index (χ4n) is 1.70. The number of benzene rings is 1. The summed E-state index contributed by atoms with van der Waals surface area (Å²) in [5, 5.41) is 3.51. The van der Waals surface area contributed by atoms with Gasteiger partial charge in [0.15, 0.2) is 9.84 Å². The first-order valence-corrected chi connectivity index (χ1v) is 8.45.